The van der Waals surface area contributed by atoms with Crippen molar-refractivity contribution in [3.05, 3.63) is 11.6 Å². The molecule has 0 aromatic carbocycles. The Hall–Kier alpha value is -0.260. The molecule has 0 aliphatic rings. The van der Waals surface area contributed by atoms with Crippen LogP contribution in [-0.4, -0.2) is 0 Å². The Bertz CT molecular complexity index is 129. The van der Waals surface area contributed by atoms with Crippen molar-refractivity contribution in [2.75, 3.05) is 0 Å². The average molecular weight is 154 g/mol. The van der Waals surface area contributed by atoms with Gasteiger partial charge in [0.25, 0.3) is 0 Å². The van der Waals surface area contributed by atoms with Gasteiger partial charge in [0.15, 0.2) is 0 Å². The van der Waals surface area contributed by atoms with Gasteiger partial charge in [0.2, 0.25) is 0 Å². The van der Waals surface area contributed by atoms with Crippen LogP contribution in [0.3, 0.4) is 0 Å². The third-order valence-electron chi connectivity index (χ3n) is 2.52. The molecule has 0 saturated carbocycles. The van der Waals surface area contributed by atoms with E-state index < -0.39 is 0 Å². The maximum Gasteiger partial charge on any atom is -0.0297 e. The normalized spacial score (nSPS) is 13.7. The van der Waals surface area contributed by atoms with E-state index in [9.17, 15) is 0 Å². The Morgan fingerprint density at radius 1 is 1.27 bits per heavy atom. The highest BCUT2D eigenvalue weighted by molar-refractivity contribution is 4.98. The van der Waals surface area contributed by atoms with Gasteiger partial charge in [-0.25, -0.2) is 0 Å². The molecule has 0 N–H and O–H groups in total. The first-order chi connectivity index (χ1) is 5.02. The molecular weight excluding hydrogens is 132 g/mol. The van der Waals surface area contributed by atoms with Crippen LogP contribution < -0.4 is 0 Å². The van der Waals surface area contributed by atoms with E-state index in [-0.39, 0.29) is 0 Å². The van der Waals surface area contributed by atoms with E-state index in [1.54, 1.807) is 0 Å². The lowest BCUT2D eigenvalue weighted by atomic mass is 9.86. The van der Waals surface area contributed by atoms with E-state index in [1.165, 1.54) is 24.8 Å². The number of allylic oxidation sites excluding steroid dienone is 2. The van der Waals surface area contributed by atoms with Crippen LogP contribution in [0.2, 0.25) is 0 Å². The Balaban J connectivity index is 3.86. The van der Waals surface area contributed by atoms with Crippen LogP contribution in [0.5, 0.6) is 0 Å². The molecule has 0 rings (SSSR count). The van der Waals surface area contributed by atoms with Crippen molar-refractivity contribution in [2.24, 2.45) is 5.41 Å². The summed E-state index contributed by atoms with van der Waals surface area (Å²) in [5.41, 5.74) is 2.02. The molecular formula is C11H22. The maximum absolute atomic E-state index is 2.38. The fourth-order valence-corrected chi connectivity index (χ4v) is 0.739. The molecule has 0 aliphatic carbocycles. The third kappa shape index (κ3) is 5.06. The van der Waals surface area contributed by atoms with Crippen LogP contribution in [0.25, 0.3) is 0 Å². The zero-order valence-electron chi connectivity index (χ0n) is 8.70. The fraction of sp³-hybridized carbons (Fsp3) is 0.818. The molecule has 0 aromatic rings. The first-order valence-electron chi connectivity index (χ1n) is 4.67. The second-order valence-corrected chi connectivity index (χ2v) is 4.13. The molecule has 0 atom stereocenters. The smallest absolute Gasteiger partial charge is 0.0297 e. The van der Waals surface area contributed by atoms with E-state index in [0.717, 1.165) is 0 Å². The number of rotatable bonds is 4. The molecule has 11 heavy (non-hydrogen) atoms. The van der Waals surface area contributed by atoms with Gasteiger partial charge in [0.05, 0.1) is 0 Å². The quantitative estimate of drug-likeness (QED) is 0.533. The van der Waals surface area contributed by atoms with Crippen molar-refractivity contribution in [1.82, 2.24) is 0 Å². The molecule has 0 aromatic heterocycles. The molecule has 0 bridgehead atoms. The van der Waals surface area contributed by atoms with Gasteiger partial charge in [0, 0.05) is 0 Å². The van der Waals surface area contributed by atoms with Crippen LogP contribution in [0.15, 0.2) is 11.6 Å². The van der Waals surface area contributed by atoms with Crippen LogP contribution >= 0.6 is 0 Å². The van der Waals surface area contributed by atoms with Crippen molar-refractivity contribution in [3.8, 4) is 0 Å². The second kappa shape index (κ2) is 4.58. The summed E-state index contributed by atoms with van der Waals surface area (Å²) in [6.45, 7) is 11.3. The molecule has 0 nitrogen and oxygen atoms in total. The fourth-order valence-electron chi connectivity index (χ4n) is 0.739. The summed E-state index contributed by atoms with van der Waals surface area (Å²) >= 11 is 0. The van der Waals surface area contributed by atoms with Gasteiger partial charge in [0.1, 0.15) is 0 Å². The lowest BCUT2D eigenvalue weighted by molar-refractivity contribution is 0.356. The average Bonchev–Trinajstić information content (AvgIpc) is 2.00. The van der Waals surface area contributed by atoms with Crippen molar-refractivity contribution in [2.45, 2.75) is 53.9 Å². The molecule has 0 heterocycles. The lowest BCUT2D eigenvalue weighted by Crippen LogP contribution is -2.07. The van der Waals surface area contributed by atoms with E-state index in [4.69, 9.17) is 0 Å². The predicted octanol–water partition coefficient (Wildman–Crippen LogP) is 4.17. The molecule has 0 unspecified atom stereocenters. The Morgan fingerprint density at radius 2 is 1.82 bits per heavy atom. The zero-order valence-corrected chi connectivity index (χ0v) is 8.70. The highest BCUT2D eigenvalue weighted by atomic mass is 14.2. The minimum atomic E-state index is 0.496. The number of hydrogen-bond acceptors (Lipinski definition) is 0. The summed E-state index contributed by atoms with van der Waals surface area (Å²) in [7, 11) is 0. The van der Waals surface area contributed by atoms with E-state index in [2.05, 4.69) is 40.7 Å². The predicted molar refractivity (Wildman–Crippen MR) is 52.7 cm³/mol. The molecule has 0 amide bonds. The molecule has 0 spiro atoms. The van der Waals surface area contributed by atoms with Gasteiger partial charge < -0.3 is 0 Å². The molecule has 0 heteroatoms. The molecule has 0 saturated heterocycles. The van der Waals surface area contributed by atoms with Crippen LogP contribution in [0.1, 0.15) is 53.9 Å². The first-order valence-corrected chi connectivity index (χ1v) is 4.67. The third-order valence-corrected chi connectivity index (χ3v) is 2.52. The van der Waals surface area contributed by atoms with E-state index >= 15 is 0 Å². The van der Waals surface area contributed by atoms with Crippen LogP contribution in [-0.2, 0) is 0 Å². The number of hydrogen-bond donors (Lipinski definition) is 0. The SMILES string of the molecule is CCC(C)=CCC(C)(C)CC. The summed E-state index contributed by atoms with van der Waals surface area (Å²) in [4.78, 5) is 0. The van der Waals surface area contributed by atoms with E-state index in [1.807, 2.05) is 0 Å². The largest absolute Gasteiger partial charge is 0.0851 e. The zero-order chi connectivity index (χ0) is 8.91. The van der Waals surface area contributed by atoms with Crippen molar-refractivity contribution in [3.63, 3.8) is 0 Å². The standard InChI is InChI=1S/C11H22/c1-6-10(3)8-9-11(4,5)7-2/h8H,6-7,9H2,1-5H3. The van der Waals surface area contributed by atoms with Gasteiger partial charge in [-0.15, -0.1) is 0 Å². The van der Waals surface area contributed by atoms with Crippen LogP contribution in [0, 0.1) is 5.41 Å². The minimum Gasteiger partial charge on any atom is -0.0851 e. The molecule has 66 valence electrons. The van der Waals surface area contributed by atoms with Gasteiger partial charge in [-0.05, 0) is 25.2 Å². The van der Waals surface area contributed by atoms with Crippen molar-refractivity contribution >= 4 is 0 Å². The van der Waals surface area contributed by atoms with Gasteiger partial charge in [-0.2, -0.15) is 0 Å². The molecule has 0 radical (unpaired) electrons. The highest BCUT2D eigenvalue weighted by Gasteiger charge is 2.12. The Kier molecular flexibility index (Phi) is 4.48. The van der Waals surface area contributed by atoms with Gasteiger partial charge in [-0.3, -0.25) is 0 Å². The molecule has 0 aliphatic heterocycles. The van der Waals surface area contributed by atoms with Crippen molar-refractivity contribution < 1.29 is 0 Å². The van der Waals surface area contributed by atoms with E-state index in [0.29, 0.717) is 5.41 Å². The second-order valence-electron chi connectivity index (χ2n) is 4.13. The molecule has 0 fully saturated rings. The Morgan fingerprint density at radius 3 is 2.18 bits per heavy atom. The summed E-state index contributed by atoms with van der Waals surface area (Å²) in [6, 6.07) is 0. The summed E-state index contributed by atoms with van der Waals surface area (Å²) in [5.74, 6) is 0. The monoisotopic (exact) mass is 154 g/mol. The van der Waals surface area contributed by atoms with Gasteiger partial charge in [-0.1, -0.05) is 45.8 Å². The van der Waals surface area contributed by atoms with Gasteiger partial charge >= 0.3 is 0 Å². The van der Waals surface area contributed by atoms with Crippen LogP contribution in [0.4, 0.5) is 0 Å². The summed E-state index contributed by atoms with van der Waals surface area (Å²) in [6.07, 6.45) is 6.06. The minimum absolute atomic E-state index is 0.496. The van der Waals surface area contributed by atoms with Crippen molar-refractivity contribution in [1.29, 1.82) is 0 Å². The summed E-state index contributed by atoms with van der Waals surface area (Å²) < 4.78 is 0. The first kappa shape index (κ1) is 10.7. The topological polar surface area (TPSA) is 0 Å². The lowest BCUT2D eigenvalue weighted by Gasteiger charge is -2.20. The summed E-state index contributed by atoms with van der Waals surface area (Å²) in [5, 5.41) is 0. The highest BCUT2D eigenvalue weighted by Crippen LogP contribution is 2.25. The Labute approximate surface area is 71.7 Å². The maximum atomic E-state index is 2.38.